The number of nitrogen functional groups attached to an aromatic ring is 1. The maximum absolute atomic E-state index is 5.57. The fraction of sp³-hybridized carbons (Fsp3) is 0.556. The highest BCUT2D eigenvalue weighted by Crippen LogP contribution is 2.29. The maximum atomic E-state index is 5.57. The van der Waals surface area contributed by atoms with E-state index in [-0.39, 0.29) is 0 Å². The van der Waals surface area contributed by atoms with Crippen LogP contribution in [0.15, 0.2) is 5.38 Å². The molecule has 0 amide bonds. The van der Waals surface area contributed by atoms with Gasteiger partial charge in [0.1, 0.15) is 0 Å². The fourth-order valence-electron chi connectivity index (χ4n) is 1.98. The van der Waals surface area contributed by atoms with E-state index in [4.69, 9.17) is 10.5 Å². The minimum absolute atomic E-state index is 0.357. The molecule has 0 unspecified atom stereocenters. The number of rotatable bonds is 1. The molecular weight excluding hydrogens is 212 g/mol. The smallest absolute Gasteiger partial charge is 0.241 e. The van der Waals surface area contributed by atoms with Crippen LogP contribution in [0.1, 0.15) is 24.5 Å². The minimum Gasteiger partial charge on any atom is -0.381 e. The SMILES string of the molecule is Nc1nc2scc(C3CCOCC3)n2n1. The predicted octanol–water partition coefficient (Wildman–Crippen LogP) is 1.27. The zero-order valence-electron chi connectivity index (χ0n) is 8.22. The summed E-state index contributed by atoms with van der Waals surface area (Å²) in [6.07, 6.45) is 2.12. The van der Waals surface area contributed by atoms with Crippen molar-refractivity contribution in [3.05, 3.63) is 11.1 Å². The average molecular weight is 224 g/mol. The second-order valence-corrected chi connectivity index (χ2v) is 4.55. The summed E-state index contributed by atoms with van der Waals surface area (Å²) in [6, 6.07) is 0. The van der Waals surface area contributed by atoms with Gasteiger partial charge in [-0.25, -0.2) is 4.52 Å². The highest BCUT2D eigenvalue weighted by Gasteiger charge is 2.20. The Balaban J connectivity index is 2.01. The molecule has 1 saturated heterocycles. The first-order valence-electron chi connectivity index (χ1n) is 5.02. The van der Waals surface area contributed by atoms with E-state index in [1.54, 1.807) is 11.3 Å². The van der Waals surface area contributed by atoms with Gasteiger partial charge in [0.15, 0.2) is 0 Å². The standard InChI is InChI=1S/C9H12N4OS/c10-8-11-9-13(12-8)7(5-15-9)6-1-3-14-4-2-6/h5-6H,1-4H2,(H2,10,12). The number of ether oxygens (including phenoxy) is 1. The summed E-state index contributed by atoms with van der Waals surface area (Å²) in [6.45, 7) is 1.68. The van der Waals surface area contributed by atoms with E-state index in [2.05, 4.69) is 15.5 Å². The third-order valence-electron chi connectivity index (χ3n) is 2.76. The molecule has 0 spiro atoms. The summed E-state index contributed by atoms with van der Waals surface area (Å²) >= 11 is 1.60. The summed E-state index contributed by atoms with van der Waals surface area (Å²) in [5.74, 6) is 0.892. The van der Waals surface area contributed by atoms with Gasteiger partial charge in [-0.3, -0.25) is 0 Å². The predicted molar refractivity (Wildman–Crippen MR) is 58.1 cm³/mol. The average Bonchev–Trinajstić information content (AvgIpc) is 2.77. The van der Waals surface area contributed by atoms with Gasteiger partial charge in [-0.15, -0.1) is 16.4 Å². The molecule has 0 aliphatic carbocycles. The van der Waals surface area contributed by atoms with E-state index < -0.39 is 0 Å². The van der Waals surface area contributed by atoms with E-state index in [1.165, 1.54) is 5.69 Å². The molecule has 6 heteroatoms. The Hall–Kier alpha value is -1.14. The van der Waals surface area contributed by atoms with Crippen LogP contribution in [0.4, 0.5) is 5.95 Å². The monoisotopic (exact) mass is 224 g/mol. The van der Waals surface area contributed by atoms with Crippen LogP contribution in [0, 0.1) is 0 Å². The molecule has 15 heavy (non-hydrogen) atoms. The van der Waals surface area contributed by atoms with Crippen molar-refractivity contribution in [3.63, 3.8) is 0 Å². The van der Waals surface area contributed by atoms with Crippen LogP contribution >= 0.6 is 11.3 Å². The lowest BCUT2D eigenvalue weighted by Gasteiger charge is -2.20. The summed E-state index contributed by atoms with van der Waals surface area (Å²) < 4.78 is 7.22. The van der Waals surface area contributed by atoms with Gasteiger partial charge in [-0.05, 0) is 12.8 Å². The number of hydrogen-bond donors (Lipinski definition) is 1. The van der Waals surface area contributed by atoms with Gasteiger partial charge in [0, 0.05) is 24.5 Å². The summed E-state index contributed by atoms with van der Waals surface area (Å²) in [5.41, 5.74) is 6.80. The Kier molecular flexibility index (Phi) is 2.10. The van der Waals surface area contributed by atoms with Crippen molar-refractivity contribution >= 4 is 22.2 Å². The van der Waals surface area contributed by atoms with Gasteiger partial charge in [-0.1, -0.05) is 0 Å². The molecule has 0 atom stereocenters. The second kappa shape index (κ2) is 3.46. The minimum atomic E-state index is 0.357. The molecule has 2 aromatic rings. The molecule has 1 aliphatic rings. The Labute approximate surface area is 90.9 Å². The Bertz CT molecular complexity index is 471. The topological polar surface area (TPSA) is 65.4 Å². The Morgan fingerprint density at radius 3 is 3.07 bits per heavy atom. The Morgan fingerprint density at radius 2 is 2.27 bits per heavy atom. The van der Waals surface area contributed by atoms with Crippen molar-refractivity contribution < 1.29 is 4.74 Å². The van der Waals surface area contributed by atoms with Gasteiger partial charge in [0.25, 0.3) is 0 Å². The van der Waals surface area contributed by atoms with Crippen molar-refractivity contribution in [3.8, 4) is 0 Å². The third kappa shape index (κ3) is 1.49. The molecule has 3 heterocycles. The number of anilines is 1. The zero-order valence-corrected chi connectivity index (χ0v) is 9.04. The lowest BCUT2D eigenvalue weighted by atomic mass is 9.97. The number of nitrogens with zero attached hydrogens (tertiary/aromatic N) is 3. The molecule has 0 radical (unpaired) electrons. The van der Waals surface area contributed by atoms with Gasteiger partial charge < -0.3 is 10.5 Å². The van der Waals surface area contributed by atoms with E-state index in [0.717, 1.165) is 31.0 Å². The number of fused-ring (bicyclic) bond motifs is 1. The summed E-state index contributed by atoms with van der Waals surface area (Å²) in [5, 5.41) is 6.33. The first-order chi connectivity index (χ1) is 7.34. The van der Waals surface area contributed by atoms with Crippen LogP contribution in [0.5, 0.6) is 0 Å². The lowest BCUT2D eigenvalue weighted by molar-refractivity contribution is 0.0842. The van der Waals surface area contributed by atoms with Crippen molar-refractivity contribution in [2.45, 2.75) is 18.8 Å². The molecule has 80 valence electrons. The van der Waals surface area contributed by atoms with Gasteiger partial charge in [0.05, 0.1) is 5.69 Å². The van der Waals surface area contributed by atoms with Crippen molar-refractivity contribution in [1.29, 1.82) is 0 Å². The van der Waals surface area contributed by atoms with Crippen LogP contribution in [-0.2, 0) is 4.74 Å². The molecule has 5 nitrogen and oxygen atoms in total. The van der Waals surface area contributed by atoms with Crippen molar-refractivity contribution in [2.24, 2.45) is 0 Å². The van der Waals surface area contributed by atoms with Crippen LogP contribution in [-0.4, -0.2) is 27.8 Å². The highest BCUT2D eigenvalue weighted by molar-refractivity contribution is 7.15. The summed E-state index contributed by atoms with van der Waals surface area (Å²) in [7, 11) is 0. The molecule has 2 aromatic heterocycles. The first kappa shape index (κ1) is 9.11. The van der Waals surface area contributed by atoms with E-state index in [1.807, 2.05) is 4.52 Å². The second-order valence-electron chi connectivity index (χ2n) is 3.71. The van der Waals surface area contributed by atoms with Crippen molar-refractivity contribution in [1.82, 2.24) is 14.6 Å². The summed E-state index contributed by atoms with van der Waals surface area (Å²) in [4.78, 5) is 5.03. The number of thiazole rings is 1. The third-order valence-corrected chi connectivity index (χ3v) is 3.60. The molecule has 0 saturated carbocycles. The molecule has 1 fully saturated rings. The van der Waals surface area contributed by atoms with Gasteiger partial charge in [-0.2, -0.15) is 4.98 Å². The number of hydrogen-bond acceptors (Lipinski definition) is 5. The zero-order chi connectivity index (χ0) is 10.3. The lowest BCUT2D eigenvalue weighted by Crippen LogP contribution is -2.15. The van der Waals surface area contributed by atoms with Crippen LogP contribution in [0.3, 0.4) is 0 Å². The molecule has 0 aromatic carbocycles. The van der Waals surface area contributed by atoms with Crippen molar-refractivity contribution in [2.75, 3.05) is 18.9 Å². The Morgan fingerprint density at radius 1 is 1.47 bits per heavy atom. The largest absolute Gasteiger partial charge is 0.381 e. The molecule has 0 bridgehead atoms. The molecule has 2 N–H and O–H groups in total. The quantitative estimate of drug-likeness (QED) is 0.792. The van der Waals surface area contributed by atoms with E-state index in [0.29, 0.717) is 11.9 Å². The number of nitrogens with two attached hydrogens (primary N) is 1. The first-order valence-corrected chi connectivity index (χ1v) is 5.90. The van der Waals surface area contributed by atoms with Gasteiger partial charge >= 0.3 is 0 Å². The molecule has 3 rings (SSSR count). The maximum Gasteiger partial charge on any atom is 0.241 e. The number of aromatic nitrogens is 3. The van der Waals surface area contributed by atoms with Crippen LogP contribution < -0.4 is 5.73 Å². The van der Waals surface area contributed by atoms with Crippen LogP contribution in [0.25, 0.3) is 4.96 Å². The van der Waals surface area contributed by atoms with E-state index in [9.17, 15) is 0 Å². The van der Waals surface area contributed by atoms with Gasteiger partial charge in [0.2, 0.25) is 10.9 Å². The fourth-order valence-corrected chi connectivity index (χ4v) is 2.89. The molecule has 1 aliphatic heterocycles. The van der Waals surface area contributed by atoms with E-state index >= 15 is 0 Å². The normalized spacial score (nSPS) is 18.7. The van der Waals surface area contributed by atoms with Crippen LogP contribution in [0.2, 0.25) is 0 Å². The highest BCUT2D eigenvalue weighted by atomic mass is 32.1. The molecular formula is C9H12N4OS.